The van der Waals surface area contributed by atoms with Gasteiger partial charge in [-0.1, -0.05) is 48.0 Å². The third-order valence-corrected chi connectivity index (χ3v) is 8.70. The molecule has 248 valence electrons. The Morgan fingerprint density at radius 2 is 1.81 bits per heavy atom. The second kappa shape index (κ2) is 13.2. The average Bonchev–Trinajstić information content (AvgIpc) is 3.48. The van der Waals surface area contributed by atoms with Crippen molar-refractivity contribution in [1.29, 1.82) is 0 Å². The number of nitrogens with one attached hydrogen (secondary N) is 3. The van der Waals surface area contributed by atoms with E-state index in [4.69, 9.17) is 21.3 Å². The third kappa shape index (κ3) is 6.56. The highest BCUT2D eigenvalue weighted by Gasteiger charge is 2.34. The summed E-state index contributed by atoms with van der Waals surface area (Å²) >= 11 is 7.02. The smallest absolute Gasteiger partial charge is 0.433 e. The molecule has 1 amide bonds. The van der Waals surface area contributed by atoms with E-state index >= 15 is 0 Å². The minimum absolute atomic E-state index is 0.0134. The van der Waals surface area contributed by atoms with Gasteiger partial charge in [0.1, 0.15) is 11.5 Å². The number of benzene rings is 2. The summed E-state index contributed by atoms with van der Waals surface area (Å²) in [5, 5.41) is 13.5. The molecule has 10 nitrogen and oxygen atoms in total. The summed E-state index contributed by atoms with van der Waals surface area (Å²) in [4.78, 5) is 33.0. The van der Waals surface area contributed by atoms with E-state index in [0.717, 1.165) is 22.7 Å². The number of carbonyl (C=O) groups excluding carboxylic acids is 1. The first-order chi connectivity index (χ1) is 22.9. The predicted molar refractivity (Wildman–Crippen MR) is 177 cm³/mol. The van der Waals surface area contributed by atoms with Gasteiger partial charge in [-0.15, -0.1) is 0 Å². The SMILES string of the molecule is COc1nc(-c2cccc(-c3cccc(Nc4nc(C(F)(F)F)cc5cnn(C)c(=O)c45)c3C)c2Cl)ccc1CNC[C@@H]1CCC(=O)N1. The average molecular weight is 678 g/mol. The standard InChI is InChI=1S/C34H31ClF3N7O3/c1-18-22(6-5-9-25(18)42-31-29-20(16-40-45(2)33(29)47)14-27(44-31)34(36,37)38)23-7-4-8-24(30(23)35)26-12-10-19(32(43-26)48-3)15-39-17-21-11-13-28(46)41-21/h4-10,12,14,16,21,39H,11,13,15,17H2,1-3H3,(H,41,46)(H,42,44)/t21-/m0/s1. The normalized spacial score (nSPS) is 14.7. The maximum absolute atomic E-state index is 13.8. The van der Waals surface area contributed by atoms with Crippen LogP contribution in [0.1, 0.15) is 29.7 Å². The molecular formula is C34H31ClF3N7O3. The van der Waals surface area contributed by atoms with Gasteiger partial charge in [-0.25, -0.2) is 14.6 Å². The number of hydrogen-bond donors (Lipinski definition) is 3. The molecule has 0 spiro atoms. The van der Waals surface area contributed by atoms with Crippen LogP contribution in [0.25, 0.3) is 33.2 Å². The molecule has 14 heteroatoms. The second-order valence-corrected chi connectivity index (χ2v) is 11.8. The van der Waals surface area contributed by atoms with Gasteiger partial charge in [0, 0.05) is 60.4 Å². The Kier molecular flexibility index (Phi) is 9.08. The number of pyridine rings is 2. The van der Waals surface area contributed by atoms with Crippen molar-refractivity contribution in [3.63, 3.8) is 0 Å². The fourth-order valence-corrected chi connectivity index (χ4v) is 6.08. The molecule has 1 aliphatic rings. The molecule has 5 aromatic rings. The van der Waals surface area contributed by atoms with Crippen LogP contribution in [0.4, 0.5) is 24.7 Å². The van der Waals surface area contributed by atoms with Gasteiger partial charge in [-0.05, 0) is 42.7 Å². The summed E-state index contributed by atoms with van der Waals surface area (Å²) in [5.74, 6) is 0.261. The Bertz CT molecular complexity index is 2100. The van der Waals surface area contributed by atoms with Gasteiger partial charge < -0.3 is 20.7 Å². The molecule has 0 saturated carbocycles. The van der Waals surface area contributed by atoms with Gasteiger partial charge in [0.15, 0.2) is 0 Å². The molecular weight excluding hydrogens is 647 g/mol. The molecule has 3 N–H and O–H groups in total. The number of halogens is 4. The number of nitrogens with zero attached hydrogens (tertiary/aromatic N) is 4. The number of rotatable bonds is 9. The summed E-state index contributed by atoms with van der Waals surface area (Å²) in [6, 6.07) is 15.5. The number of fused-ring (bicyclic) bond motifs is 1. The van der Waals surface area contributed by atoms with Crippen molar-refractivity contribution in [2.24, 2.45) is 7.05 Å². The van der Waals surface area contributed by atoms with E-state index in [1.165, 1.54) is 13.2 Å². The van der Waals surface area contributed by atoms with Gasteiger partial charge in [0.2, 0.25) is 11.8 Å². The van der Waals surface area contributed by atoms with E-state index in [9.17, 15) is 22.8 Å². The highest BCUT2D eigenvalue weighted by molar-refractivity contribution is 6.36. The van der Waals surface area contributed by atoms with Crippen molar-refractivity contribution < 1.29 is 22.7 Å². The minimum atomic E-state index is -4.74. The fourth-order valence-electron chi connectivity index (χ4n) is 5.76. The third-order valence-electron chi connectivity index (χ3n) is 8.29. The lowest BCUT2D eigenvalue weighted by Gasteiger charge is -2.18. The second-order valence-electron chi connectivity index (χ2n) is 11.5. The van der Waals surface area contributed by atoms with Gasteiger partial charge in [0.05, 0.1) is 29.4 Å². The Labute approximate surface area is 278 Å². The van der Waals surface area contributed by atoms with Crippen molar-refractivity contribution in [3.05, 3.63) is 93.0 Å². The largest absolute Gasteiger partial charge is 0.481 e. The van der Waals surface area contributed by atoms with Crippen LogP contribution in [-0.4, -0.2) is 45.4 Å². The van der Waals surface area contributed by atoms with Crippen LogP contribution in [0.2, 0.25) is 5.02 Å². The van der Waals surface area contributed by atoms with Gasteiger partial charge >= 0.3 is 6.18 Å². The molecule has 0 bridgehead atoms. The van der Waals surface area contributed by atoms with E-state index in [-0.39, 0.29) is 28.5 Å². The number of methoxy groups -OCH3 is 1. The Morgan fingerprint density at radius 1 is 1.06 bits per heavy atom. The first-order valence-corrected chi connectivity index (χ1v) is 15.5. The number of carbonyl (C=O) groups is 1. The van der Waals surface area contributed by atoms with Crippen LogP contribution >= 0.6 is 11.6 Å². The number of alkyl halides is 3. The zero-order valence-corrected chi connectivity index (χ0v) is 27.0. The minimum Gasteiger partial charge on any atom is -0.481 e. The predicted octanol–water partition coefficient (Wildman–Crippen LogP) is 6.16. The van der Waals surface area contributed by atoms with Crippen molar-refractivity contribution in [1.82, 2.24) is 30.4 Å². The number of amides is 1. The highest BCUT2D eigenvalue weighted by atomic mass is 35.5. The van der Waals surface area contributed by atoms with Crippen molar-refractivity contribution >= 4 is 39.8 Å². The summed E-state index contributed by atoms with van der Waals surface area (Å²) in [5.41, 5.74) is 2.83. The molecule has 1 fully saturated rings. The lowest BCUT2D eigenvalue weighted by molar-refractivity contribution is -0.141. The lowest BCUT2D eigenvalue weighted by Crippen LogP contribution is -2.35. The summed E-state index contributed by atoms with van der Waals surface area (Å²) in [6.07, 6.45) is -2.20. The van der Waals surface area contributed by atoms with Crippen LogP contribution in [-0.2, 0) is 24.6 Å². The van der Waals surface area contributed by atoms with Crippen LogP contribution in [0, 0.1) is 6.92 Å². The quantitative estimate of drug-likeness (QED) is 0.170. The van der Waals surface area contributed by atoms with Crippen LogP contribution in [0.3, 0.4) is 0 Å². The maximum Gasteiger partial charge on any atom is 0.433 e. The molecule has 4 heterocycles. The van der Waals surface area contributed by atoms with E-state index in [2.05, 4.69) is 26.0 Å². The Balaban J connectivity index is 1.32. The van der Waals surface area contributed by atoms with Crippen molar-refractivity contribution in [2.75, 3.05) is 19.0 Å². The Hall–Kier alpha value is -5.01. The number of aromatic nitrogens is 4. The van der Waals surface area contributed by atoms with Crippen LogP contribution in [0.5, 0.6) is 5.88 Å². The van der Waals surface area contributed by atoms with Crippen molar-refractivity contribution in [2.45, 2.75) is 38.5 Å². The molecule has 6 rings (SSSR count). The summed E-state index contributed by atoms with van der Waals surface area (Å²) in [7, 11) is 2.96. The molecule has 1 saturated heterocycles. The fraction of sp³-hybridized carbons (Fsp3) is 0.265. The zero-order valence-electron chi connectivity index (χ0n) is 26.2. The van der Waals surface area contributed by atoms with E-state index in [0.29, 0.717) is 64.0 Å². The molecule has 2 aromatic carbocycles. The maximum atomic E-state index is 13.8. The molecule has 1 aliphatic heterocycles. The summed E-state index contributed by atoms with van der Waals surface area (Å²) < 4.78 is 47.9. The molecule has 1 atom stereocenters. The van der Waals surface area contributed by atoms with E-state index < -0.39 is 17.4 Å². The van der Waals surface area contributed by atoms with Crippen LogP contribution < -0.4 is 26.2 Å². The van der Waals surface area contributed by atoms with E-state index in [1.807, 2.05) is 36.4 Å². The number of ether oxygens (including phenoxy) is 1. The van der Waals surface area contributed by atoms with Crippen molar-refractivity contribution in [3.8, 4) is 28.3 Å². The number of aryl methyl sites for hydroxylation is 1. The lowest BCUT2D eigenvalue weighted by atomic mass is 9.96. The van der Waals surface area contributed by atoms with Gasteiger partial charge in [-0.3, -0.25) is 9.59 Å². The monoisotopic (exact) mass is 677 g/mol. The molecule has 3 aromatic heterocycles. The first-order valence-electron chi connectivity index (χ1n) is 15.1. The molecule has 0 unspecified atom stereocenters. The number of hydrogen-bond acceptors (Lipinski definition) is 8. The van der Waals surface area contributed by atoms with Crippen LogP contribution in [0.15, 0.2) is 65.6 Å². The first kappa shape index (κ1) is 32.9. The van der Waals surface area contributed by atoms with Gasteiger partial charge in [-0.2, -0.15) is 18.3 Å². The topological polar surface area (TPSA) is 123 Å². The molecule has 0 radical (unpaired) electrons. The zero-order chi connectivity index (χ0) is 34.2. The highest BCUT2D eigenvalue weighted by Crippen LogP contribution is 2.40. The molecule has 0 aliphatic carbocycles. The van der Waals surface area contributed by atoms with Gasteiger partial charge in [0.25, 0.3) is 5.56 Å². The molecule has 48 heavy (non-hydrogen) atoms. The summed E-state index contributed by atoms with van der Waals surface area (Å²) in [6.45, 7) is 2.93. The Morgan fingerprint density at radius 3 is 2.54 bits per heavy atom. The number of anilines is 2. The van der Waals surface area contributed by atoms with E-state index in [1.54, 1.807) is 26.2 Å².